The van der Waals surface area contributed by atoms with Gasteiger partial charge in [0.25, 0.3) is 0 Å². The van der Waals surface area contributed by atoms with E-state index >= 15 is 0 Å². The summed E-state index contributed by atoms with van der Waals surface area (Å²) in [6.07, 6.45) is 8.10. The lowest BCUT2D eigenvalue weighted by Crippen LogP contribution is -2.51. The molecular weight excluding hydrogens is 566 g/mol. The summed E-state index contributed by atoms with van der Waals surface area (Å²) in [4.78, 5) is 32.5. The number of hydrogen-bond donors (Lipinski definition) is 2. The van der Waals surface area contributed by atoms with E-state index in [0.29, 0.717) is 25.8 Å². The van der Waals surface area contributed by atoms with Gasteiger partial charge in [0.15, 0.2) is 5.82 Å². The molecular formula is C34H37N9O2. The highest BCUT2D eigenvalue weighted by atomic mass is 16.5. The van der Waals surface area contributed by atoms with E-state index in [1.54, 1.807) is 24.8 Å². The summed E-state index contributed by atoms with van der Waals surface area (Å²) in [6, 6.07) is 20.2. The second-order valence-corrected chi connectivity index (χ2v) is 11.6. The van der Waals surface area contributed by atoms with Gasteiger partial charge in [-0.05, 0) is 79.5 Å². The Kier molecular flexibility index (Phi) is 8.61. The SMILES string of the molecule is O=C(CN1CC[C@H](COCNc2ccc3[nH]nc(-c4ccncc4)c3c2)C1)N1CCN(c2ccc(-c3ncccn3)cc2)CC1. The first-order chi connectivity index (χ1) is 22.2. The number of amides is 1. The number of ether oxygens (including phenoxy) is 1. The van der Waals surface area contributed by atoms with Crippen LogP contribution in [0.2, 0.25) is 0 Å². The summed E-state index contributed by atoms with van der Waals surface area (Å²) in [5.41, 5.74) is 6.07. The zero-order valence-corrected chi connectivity index (χ0v) is 25.2. The van der Waals surface area contributed by atoms with Crippen LogP contribution in [0, 0.1) is 5.92 Å². The first-order valence-corrected chi connectivity index (χ1v) is 15.5. The molecule has 2 N–H and O–H groups in total. The van der Waals surface area contributed by atoms with Crippen molar-refractivity contribution in [2.75, 3.05) is 69.4 Å². The second-order valence-electron chi connectivity index (χ2n) is 11.6. The number of rotatable bonds is 10. The van der Waals surface area contributed by atoms with E-state index < -0.39 is 0 Å². The fraction of sp³-hybridized carbons (Fsp3) is 0.324. The van der Waals surface area contributed by atoms with E-state index in [4.69, 9.17) is 4.74 Å². The Bertz CT molecular complexity index is 1700. The summed E-state index contributed by atoms with van der Waals surface area (Å²) in [7, 11) is 0. The van der Waals surface area contributed by atoms with Crippen LogP contribution >= 0.6 is 0 Å². The highest BCUT2D eigenvalue weighted by Gasteiger charge is 2.27. The van der Waals surface area contributed by atoms with Crippen molar-refractivity contribution in [1.82, 2.24) is 34.9 Å². The summed E-state index contributed by atoms with van der Waals surface area (Å²) < 4.78 is 6.01. The number of fused-ring (bicyclic) bond motifs is 1. The van der Waals surface area contributed by atoms with Gasteiger partial charge in [-0.2, -0.15) is 5.10 Å². The molecule has 2 fully saturated rings. The first-order valence-electron chi connectivity index (χ1n) is 15.5. The minimum atomic E-state index is 0.218. The van der Waals surface area contributed by atoms with Gasteiger partial charge in [0, 0.05) is 85.4 Å². The molecule has 230 valence electrons. The number of hydrogen-bond acceptors (Lipinski definition) is 9. The number of piperazine rings is 1. The molecule has 7 rings (SSSR count). The molecule has 11 heteroatoms. The molecule has 3 aromatic heterocycles. The lowest BCUT2D eigenvalue weighted by Gasteiger charge is -2.36. The largest absolute Gasteiger partial charge is 0.368 e. The molecule has 2 aliphatic rings. The molecule has 0 bridgehead atoms. The third-order valence-corrected chi connectivity index (χ3v) is 8.67. The van der Waals surface area contributed by atoms with Crippen molar-refractivity contribution in [2.24, 2.45) is 5.92 Å². The number of aromatic nitrogens is 5. The van der Waals surface area contributed by atoms with Crippen molar-refractivity contribution in [3.05, 3.63) is 85.5 Å². The van der Waals surface area contributed by atoms with Crippen LogP contribution in [0.3, 0.4) is 0 Å². The zero-order valence-electron chi connectivity index (χ0n) is 25.2. The van der Waals surface area contributed by atoms with Gasteiger partial charge in [-0.3, -0.25) is 19.8 Å². The molecule has 1 atom stereocenters. The van der Waals surface area contributed by atoms with E-state index in [2.05, 4.69) is 70.6 Å². The molecule has 2 aliphatic heterocycles. The van der Waals surface area contributed by atoms with E-state index in [0.717, 1.165) is 90.6 Å². The standard InChI is InChI=1S/C34H37N9O2/c44-32(43-18-16-42(17-19-43)29-5-2-27(3-6-29)34-36-11-1-12-37-34)22-41-15-10-25(21-41)23-45-24-38-28-4-7-31-30(20-28)33(40-39-31)26-8-13-35-14-9-26/h1-9,11-14,20,25,38H,10,15-19,21-24H2,(H,39,40)/t25-/m0/s1. The number of anilines is 2. The average molecular weight is 604 g/mol. The fourth-order valence-electron chi connectivity index (χ4n) is 6.18. The monoisotopic (exact) mass is 603 g/mol. The number of carbonyl (C=O) groups excluding carboxylic acids is 1. The smallest absolute Gasteiger partial charge is 0.236 e. The average Bonchev–Trinajstić information content (AvgIpc) is 3.74. The third-order valence-electron chi connectivity index (χ3n) is 8.67. The van der Waals surface area contributed by atoms with Gasteiger partial charge in [0.05, 0.1) is 18.7 Å². The normalized spacial score (nSPS) is 17.2. The van der Waals surface area contributed by atoms with Gasteiger partial charge >= 0.3 is 0 Å². The van der Waals surface area contributed by atoms with Crippen molar-refractivity contribution >= 4 is 28.2 Å². The quantitative estimate of drug-likeness (QED) is 0.180. The van der Waals surface area contributed by atoms with Crippen LogP contribution in [0.4, 0.5) is 11.4 Å². The Hall–Kier alpha value is -4.87. The van der Waals surface area contributed by atoms with E-state index in [-0.39, 0.29) is 5.91 Å². The number of nitrogens with zero attached hydrogens (tertiary/aromatic N) is 7. The van der Waals surface area contributed by atoms with Crippen LogP contribution in [0.15, 0.2) is 85.5 Å². The number of nitrogens with one attached hydrogen (secondary N) is 2. The van der Waals surface area contributed by atoms with Crippen molar-refractivity contribution in [2.45, 2.75) is 6.42 Å². The number of pyridine rings is 1. The minimum absolute atomic E-state index is 0.218. The van der Waals surface area contributed by atoms with Crippen LogP contribution in [0.1, 0.15) is 6.42 Å². The first kappa shape index (κ1) is 28.9. The van der Waals surface area contributed by atoms with Crippen molar-refractivity contribution < 1.29 is 9.53 Å². The topological polar surface area (TPSA) is 115 Å². The minimum Gasteiger partial charge on any atom is -0.368 e. The Morgan fingerprint density at radius 1 is 0.911 bits per heavy atom. The molecule has 5 aromatic rings. The summed E-state index contributed by atoms with van der Waals surface area (Å²) >= 11 is 0. The Labute approximate surface area is 262 Å². The second kappa shape index (κ2) is 13.4. The van der Waals surface area contributed by atoms with Crippen LogP contribution < -0.4 is 10.2 Å². The molecule has 2 aromatic carbocycles. The van der Waals surface area contributed by atoms with Gasteiger partial charge < -0.3 is 19.9 Å². The third kappa shape index (κ3) is 6.79. The van der Waals surface area contributed by atoms with E-state index in [1.165, 1.54) is 0 Å². The molecule has 11 nitrogen and oxygen atoms in total. The molecule has 0 spiro atoms. The Morgan fingerprint density at radius 2 is 1.71 bits per heavy atom. The van der Waals surface area contributed by atoms with E-state index in [1.807, 2.05) is 35.2 Å². The van der Waals surface area contributed by atoms with Gasteiger partial charge in [-0.1, -0.05) is 0 Å². The summed E-state index contributed by atoms with van der Waals surface area (Å²) in [5, 5.41) is 12.0. The maximum absolute atomic E-state index is 13.1. The van der Waals surface area contributed by atoms with Crippen LogP contribution in [0.25, 0.3) is 33.5 Å². The van der Waals surface area contributed by atoms with Crippen LogP contribution in [-0.4, -0.2) is 100 Å². The molecule has 2 saturated heterocycles. The lowest BCUT2D eigenvalue weighted by atomic mass is 10.1. The van der Waals surface area contributed by atoms with Gasteiger partial charge in [0.2, 0.25) is 5.91 Å². The molecule has 5 heterocycles. The number of likely N-dealkylation sites (tertiary alicyclic amines) is 1. The summed E-state index contributed by atoms with van der Waals surface area (Å²) in [6.45, 7) is 6.53. The Morgan fingerprint density at radius 3 is 2.51 bits per heavy atom. The zero-order chi connectivity index (χ0) is 30.4. The fourth-order valence-corrected chi connectivity index (χ4v) is 6.18. The van der Waals surface area contributed by atoms with Gasteiger partial charge in [-0.25, -0.2) is 9.97 Å². The van der Waals surface area contributed by atoms with Crippen molar-refractivity contribution in [3.8, 4) is 22.6 Å². The molecule has 45 heavy (non-hydrogen) atoms. The van der Waals surface area contributed by atoms with Crippen LogP contribution in [-0.2, 0) is 9.53 Å². The molecule has 0 aliphatic carbocycles. The predicted octanol–water partition coefficient (Wildman–Crippen LogP) is 4.14. The Balaban J connectivity index is 0.823. The highest BCUT2D eigenvalue weighted by Crippen LogP contribution is 2.28. The molecule has 1 amide bonds. The van der Waals surface area contributed by atoms with Gasteiger partial charge in [-0.15, -0.1) is 0 Å². The van der Waals surface area contributed by atoms with Crippen molar-refractivity contribution in [1.29, 1.82) is 0 Å². The maximum Gasteiger partial charge on any atom is 0.236 e. The number of aromatic amines is 1. The van der Waals surface area contributed by atoms with Crippen molar-refractivity contribution in [3.63, 3.8) is 0 Å². The number of carbonyl (C=O) groups is 1. The number of H-pyrrole nitrogens is 1. The van der Waals surface area contributed by atoms with Gasteiger partial charge in [0.1, 0.15) is 12.4 Å². The number of benzene rings is 2. The highest BCUT2D eigenvalue weighted by molar-refractivity contribution is 5.94. The van der Waals surface area contributed by atoms with Crippen LogP contribution in [0.5, 0.6) is 0 Å². The molecule has 0 radical (unpaired) electrons. The predicted molar refractivity (Wildman–Crippen MR) is 175 cm³/mol. The maximum atomic E-state index is 13.1. The van der Waals surface area contributed by atoms with E-state index in [9.17, 15) is 4.79 Å². The summed E-state index contributed by atoms with van der Waals surface area (Å²) in [5.74, 6) is 1.37. The lowest BCUT2D eigenvalue weighted by molar-refractivity contribution is -0.132. The molecule has 0 unspecified atom stereocenters. The molecule has 0 saturated carbocycles.